The number of nitrogens with one attached hydrogen (secondary N) is 1. The van der Waals surface area contributed by atoms with Crippen LogP contribution >= 0.6 is 0 Å². The lowest BCUT2D eigenvalue weighted by molar-refractivity contribution is -0.137. The molecule has 1 fully saturated rings. The van der Waals surface area contributed by atoms with Crippen LogP contribution in [0, 0.1) is 0 Å². The van der Waals surface area contributed by atoms with Gasteiger partial charge in [0.1, 0.15) is 0 Å². The van der Waals surface area contributed by atoms with Crippen LogP contribution in [0.3, 0.4) is 0 Å². The van der Waals surface area contributed by atoms with Crippen molar-refractivity contribution in [1.29, 1.82) is 0 Å². The number of piperazine rings is 1. The van der Waals surface area contributed by atoms with Crippen LogP contribution in [-0.4, -0.2) is 40.6 Å². The van der Waals surface area contributed by atoms with E-state index in [9.17, 15) is 18.0 Å². The number of anilines is 1. The fourth-order valence-corrected chi connectivity index (χ4v) is 3.57. The number of H-pyrrole nitrogens is 1. The van der Waals surface area contributed by atoms with Crippen molar-refractivity contribution in [2.45, 2.75) is 12.8 Å². The molecular formula is C19H19F3N4O. The summed E-state index contributed by atoms with van der Waals surface area (Å²) in [6.45, 7) is 2.53. The van der Waals surface area contributed by atoms with Gasteiger partial charge in [0.2, 0.25) is 0 Å². The minimum Gasteiger partial charge on any atom is -0.368 e. The summed E-state index contributed by atoms with van der Waals surface area (Å²) >= 11 is 0. The first-order valence-corrected chi connectivity index (χ1v) is 8.74. The summed E-state index contributed by atoms with van der Waals surface area (Å²) in [5.41, 5.74) is 1.04. The molecule has 2 heterocycles. The zero-order valence-electron chi connectivity index (χ0n) is 14.5. The van der Waals surface area contributed by atoms with Crippen molar-refractivity contribution in [3.63, 3.8) is 0 Å². The predicted octanol–water partition coefficient (Wildman–Crippen LogP) is 3.13. The van der Waals surface area contributed by atoms with Gasteiger partial charge in [0.15, 0.2) is 0 Å². The van der Waals surface area contributed by atoms with Gasteiger partial charge in [-0.25, -0.2) is 4.79 Å². The molecule has 0 atom stereocenters. The monoisotopic (exact) mass is 376 g/mol. The Balaban J connectivity index is 1.49. The lowest BCUT2D eigenvalue weighted by Crippen LogP contribution is -2.48. The first-order valence-electron chi connectivity index (χ1n) is 8.74. The van der Waals surface area contributed by atoms with E-state index in [0.29, 0.717) is 32.8 Å². The standard InChI is InChI=1S/C19H19F3N4O/c20-19(21,22)14-5-1-3-7-16(14)25-11-9-24(10-12-25)13-26-17-8-4-2-6-15(17)23-18(26)27/h1-8H,9-13H2,(H,23,27). The highest BCUT2D eigenvalue weighted by atomic mass is 19.4. The van der Waals surface area contributed by atoms with E-state index in [-0.39, 0.29) is 11.4 Å². The number of benzene rings is 2. The first kappa shape index (κ1) is 17.7. The molecule has 0 amide bonds. The van der Waals surface area contributed by atoms with Gasteiger partial charge in [-0.1, -0.05) is 24.3 Å². The van der Waals surface area contributed by atoms with E-state index < -0.39 is 11.7 Å². The summed E-state index contributed by atoms with van der Waals surface area (Å²) < 4.78 is 41.4. The summed E-state index contributed by atoms with van der Waals surface area (Å²) in [7, 11) is 0. The van der Waals surface area contributed by atoms with Gasteiger partial charge >= 0.3 is 11.9 Å². The van der Waals surface area contributed by atoms with E-state index in [4.69, 9.17) is 0 Å². The van der Waals surface area contributed by atoms with Crippen LogP contribution in [0.2, 0.25) is 0 Å². The molecule has 0 saturated carbocycles. The smallest absolute Gasteiger partial charge is 0.368 e. The zero-order valence-corrected chi connectivity index (χ0v) is 14.5. The maximum Gasteiger partial charge on any atom is 0.418 e. The van der Waals surface area contributed by atoms with Crippen LogP contribution in [0.4, 0.5) is 18.9 Å². The van der Waals surface area contributed by atoms with Crippen molar-refractivity contribution >= 4 is 16.7 Å². The Bertz CT molecular complexity index is 1000. The lowest BCUT2D eigenvalue weighted by Gasteiger charge is -2.37. The van der Waals surface area contributed by atoms with Crippen molar-refractivity contribution in [3.05, 3.63) is 64.6 Å². The second-order valence-electron chi connectivity index (χ2n) is 6.64. The number of para-hydroxylation sites is 3. The van der Waals surface area contributed by atoms with Crippen molar-refractivity contribution in [3.8, 4) is 0 Å². The highest BCUT2D eigenvalue weighted by molar-refractivity contribution is 5.74. The van der Waals surface area contributed by atoms with Gasteiger partial charge in [-0.2, -0.15) is 13.2 Å². The van der Waals surface area contributed by atoms with Gasteiger partial charge < -0.3 is 9.88 Å². The van der Waals surface area contributed by atoms with E-state index in [1.807, 2.05) is 24.3 Å². The van der Waals surface area contributed by atoms with Crippen molar-refractivity contribution < 1.29 is 13.2 Å². The molecular weight excluding hydrogens is 357 g/mol. The second kappa shape index (κ2) is 6.77. The van der Waals surface area contributed by atoms with E-state index in [1.165, 1.54) is 12.1 Å². The van der Waals surface area contributed by atoms with E-state index in [1.54, 1.807) is 15.5 Å². The number of hydrogen-bond donors (Lipinski definition) is 1. The maximum atomic E-state index is 13.2. The lowest BCUT2D eigenvalue weighted by atomic mass is 10.1. The van der Waals surface area contributed by atoms with Crippen LogP contribution in [0.5, 0.6) is 0 Å². The molecule has 1 saturated heterocycles. The van der Waals surface area contributed by atoms with Gasteiger partial charge in [-0.15, -0.1) is 0 Å². The molecule has 2 aromatic carbocycles. The number of halogens is 3. The summed E-state index contributed by atoms with van der Waals surface area (Å²) in [4.78, 5) is 18.9. The van der Waals surface area contributed by atoms with Crippen LogP contribution in [0.25, 0.3) is 11.0 Å². The third-order valence-corrected chi connectivity index (χ3v) is 4.95. The molecule has 1 aliphatic rings. The Morgan fingerprint density at radius 1 is 0.926 bits per heavy atom. The van der Waals surface area contributed by atoms with Crippen LogP contribution in [0.15, 0.2) is 53.3 Å². The van der Waals surface area contributed by atoms with Gasteiger partial charge in [-0.05, 0) is 24.3 Å². The molecule has 8 heteroatoms. The van der Waals surface area contributed by atoms with Crippen LogP contribution in [0.1, 0.15) is 5.56 Å². The fraction of sp³-hybridized carbons (Fsp3) is 0.316. The Morgan fingerprint density at radius 2 is 1.59 bits per heavy atom. The molecule has 27 heavy (non-hydrogen) atoms. The Morgan fingerprint density at radius 3 is 2.33 bits per heavy atom. The normalized spacial score (nSPS) is 16.2. The number of hydrogen-bond acceptors (Lipinski definition) is 3. The molecule has 3 aromatic rings. The molecule has 0 aliphatic carbocycles. The minimum atomic E-state index is -4.37. The van der Waals surface area contributed by atoms with E-state index in [0.717, 1.165) is 17.1 Å². The minimum absolute atomic E-state index is 0.180. The number of imidazole rings is 1. The number of fused-ring (bicyclic) bond motifs is 1. The average molecular weight is 376 g/mol. The molecule has 142 valence electrons. The number of rotatable bonds is 3. The topological polar surface area (TPSA) is 44.3 Å². The molecule has 0 spiro atoms. The number of aromatic amines is 1. The molecule has 1 aliphatic heterocycles. The molecule has 0 unspecified atom stereocenters. The quantitative estimate of drug-likeness (QED) is 0.764. The first-order chi connectivity index (χ1) is 12.9. The molecule has 5 nitrogen and oxygen atoms in total. The number of nitrogens with zero attached hydrogens (tertiary/aromatic N) is 3. The maximum absolute atomic E-state index is 13.2. The summed E-state index contributed by atoms with van der Waals surface area (Å²) in [5.74, 6) is 0. The Labute approximate surface area is 153 Å². The van der Waals surface area contributed by atoms with E-state index in [2.05, 4.69) is 9.88 Å². The SMILES string of the molecule is O=c1[nH]c2ccccc2n1CN1CCN(c2ccccc2C(F)(F)F)CC1. The summed E-state index contributed by atoms with van der Waals surface area (Å²) in [6.07, 6.45) is -4.37. The van der Waals surface area contributed by atoms with Crippen molar-refractivity contribution in [2.24, 2.45) is 0 Å². The van der Waals surface area contributed by atoms with Gasteiger partial charge in [-0.3, -0.25) is 9.47 Å². The molecule has 4 rings (SSSR count). The van der Waals surface area contributed by atoms with E-state index >= 15 is 0 Å². The highest BCUT2D eigenvalue weighted by Gasteiger charge is 2.35. The van der Waals surface area contributed by atoms with Crippen molar-refractivity contribution in [1.82, 2.24) is 14.5 Å². The molecule has 1 aromatic heterocycles. The fourth-order valence-electron chi connectivity index (χ4n) is 3.57. The predicted molar refractivity (Wildman–Crippen MR) is 97.8 cm³/mol. The third kappa shape index (κ3) is 3.44. The average Bonchev–Trinajstić information content (AvgIpc) is 2.97. The molecule has 0 bridgehead atoms. The summed E-state index contributed by atoms with van der Waals surface area (Å²) in [5, 5.41) is 0. The molecule has 1 N–H and O–H groups in total. The van der Waals surface area contributed by atoms with Crippen LogP contribution in [-0.2, 0) is 12.8 Å². The van der Waals surface area contributed by atoms with Gasteiger partial charge in [0.25, 0.3) is 0 Å². The number of aromatic nitrogens is 2. The van der Waals surface area contributed by atoms with Crippen LogP contribution < -0.4 is 10.6 Å². The third-order valence-electron chi connectivity index (χ3n) is 4.95. The van der Waals surface area contributed by atoms with Gasteiger partial charge in [0.05, 0.1) is 23.3 Å². The van der Waals surface area contributed by atoms with Crippen molar-refractivity contribution in [2.75, 3.05) is 31.1 Å². The highest BCUT2D eigenvalue weighted by Crippen LogP contribution is 2.36. The Kier molecular flexibility index (Phi) is 4.43. The second-order valence-corrected chi connectivity index (χ2v) is 6.64. The molecule has 0 radical (unpaired) electrons. The zero-order chi connectivity index (χ0) is 19.0. The Hall–Kier alpha value is -2.74. The number of alkyl halides is 3. The van der Waals surface area contributed by atoms with Gasteiger partial charge in [0, 0.05) is 31.9 Å². The largest absolute Gasteiger partial charge is 0.418 e. The summed E-state index contributed by atoms with van der Waals surface area (Å²) in [6, 6.07) is 13.1.